The van der Waals surface area contributed by atoms with Crippen molar-refractivity contribution in [1.29, 1.82) is 0 Å². The zero-order chi connectivity index (χ0) is 20.6. The van der Waals surface area contributed by atoms with E-state index in [1.807, 2.05) is 12.1 Å². The molecule has 154 valence electrons. The molecule has 1 heterocycles. The maximum atomic E-state index is 12.8. The predicted molar refractivity (Wildman–Crippen MR) is 107 cm³/mol. The molecule has 0 aromatic heterocycles. The minimum Gasteiger partial charge on any atom is -0.490 e. The monoisotopic (exact) mass is 403 g/mol. The summed E-state index contributed by atoms with van der Waals surface area (Å²) >= 11 is 0. The molecule has 0 unspecified atom stereocenters. The van der Waals surface area contributed by atoms with Gasteiger partial charge in [0.2, 0.25) is 0 Å². The van der Waals surface area contributed by atoms with Gasteiger partial charge in [-0.15, -0.1) is 0 Å². The van der Waals surface area contributed by atoms with Gasteiger partial charge in [0.25, 0.3) is 0 Å². The number of nitrogens with zero attached hydrogens (tertiary/aromatic N) is 1. The number of allylic oxidation sites excluding steroid dienone is 1. The summed E-state index contributed by atoms with van der Waals surface area (Å²) < 4.78 is 40.9. The van der Waals surface area contributed by atoms with Gasteiger partial charge in [0.15, 0.2) is 17.3 Å². The molecule has 0 N–H and O–H groups in total. The summed E-state index contributed by atoms with van der Waals surface area (Å²) in [5.41, 5.74) is 1.89. The molecule has 3 rings (SSSR count). The number of carbonyl (C=O) groups excluding carboxylic acids is 1. The van der Waals surface area contributed by atoms with E-state index in [1.54, 1.807) is 37.3 Å². The van der Waals surface area contributed by atoms with E-state index in [0.717, 1.165) is 18.8 Å². The minimum absolute atomic E-state index is 0.0870. The molecule has 0 bridgehead atoms. The molecule has 2 aromatic rings. The third-order valence-electron chi connectivity index (χ3n) is 4.46. The summed E-state index contributed by atoms with van der Waals surface area (Å²) in [6.45, 7) is 2.07. The van der Waals surface area contributed by atoms with Gasteiger partial charge < -0.3 is 19.1 Å². The standard InChI is InChI=1S/C22H23F2NO4/c1-2-28-20-5-3-4-17(21(20)29-22(23)24)8-11-19(26)16-6-9-18(10-7-16)25-12-14-27-15-13-25/h3-11,22H,2,12-15H2,1H3/b11-8+. The second-order valence-corrected chi connectivity index (χ2v) is 6.33. The molecule has 5 nitrogen and oxygen atoms in total. The highest BCUT2D eigenvalue weighted by Gasteiger charge is 2.15. The summed E-state index contributed by atoms with van der Waals surface area (Å²) in [7, 11) is 0. The Kier molecular flexibility index (Phi) is 7.19. The van der Waals surface area contributed by atoms with Gasteiger partial charge in [0.05, 0.1) is 19.8 Å². The molecule has 0 saturated carbocycles. The number of para-hydroxylation sites is 1. The van der Waals surface area contributed by atoms with E-state index >= 15 is 0 Å². The Morgan fingerprint density at radius 1 is 1.17 bits per heavy atom. The number of hydrogen-bond donors (Lipinski definition) is 0. The van der Waals surface area contributed by atoms with Crippen molar-refractivity contribution in [3.8, 4) is 11.5 Å². The summed E-state index contributed by atoms with van der Waals surface area (Å²) in [5.74, 6) is -0.114. The third-order valence-corrected chi connectivity index (χ3v) is 4.46. The average molecular weight is 403 g/mol. The molecule has 1 aliphatic heterocycles. The number of alkyl halides is 2. The maximum absolute atomic E-state index is 12.8. The van der Waals surface area contributed by atoms with E-state index in [2.05, 4.69) is 9.64 Å². The molecule has 1 aliphatic rings. The van der Waals surface area contributed by atoms with Gasteiger partial charge in [-0.25, -0.2) is 0 Å². The van der Waals surface area contributed by atoms with Crippen LogP contribution in [0, 0.1) is 0 Å². The predicted octanol–water partition coefficient (Wildman–Crippen LogP) is 4.42. The number of carbonyl (C=O) groups is 1. The number of benzene rings is 2. The Balaban J connectivity index is 1.75. The number of rotatable bonds is 8. The van der Waals surface area contributed by atoms with Gasteiger partial charge in [-0.1, -0.05) is 12.1 Å². The fraction of sp³-hybridized carbons (Fsp3) is 0.318. The Bertz CT molecular complexity index is 846. The first kappa shape index (κ1) is 20.8. The second kappa shape index (κ2) is 10.0. The van der Waals surface area contributed by atoms with Crippen LogP contribution in [0.1, 0.15) is 22.8 Å². The largest absolute Gasteiger partial charge is 0.490 e. The summed E-state index contributed by atoms with van der Waals surface area (Å²) in [6, 6.07) is 12.1. The molecule has 29 heavy (non-hydrogen) atoms. The number of hydrogen-bond acceptors (Lipinski definition) is 5. The molecule has 1 saturated heterocycles. The van der Waals surface area contributed by atoms with Crippen molar-refractivity contribution in [2.75, 3.05) is 37.8 Å². The van der Waals surface area contributed by atoms with Crippen LogP contribution in [-0.2, 0) is 4.74 Å². The van der Waals surface area contributed by atoms with Crippen LogP contribution in [0.15, 0.2) is 48.5 Å². The lowest BCUT2D eigenvalue weighted by atomic mass is 10.1. The molecule has 1 fully saturated rings. The second-order valence-electron chi connectivity index (χ2n) is 6.33. The van der Waals surface area contributed by atoms with Crippen LogP contribution in [-0.4, -0.2) is 45.3 Å². The third kappa shape index (κ3) is 5.54. The molecule has 7 heteroatoms. The first-order chi connectivity index (χ1) is 14.1. The summed E-state index contributed by atoms with van der Waals surface area (Å²) in [6.07, 6.45) is 2.80. The van der Waals surface area contributed by atoms with Crippen molar-refractivity contribution in [1.82, 2.24) is 0 Å². The van der Waals surface area contributed by atoms with Crippen molar-refractivity contribution in [2.45, 2.75) is 13.5 Å². The van der Waals surface area contributed by atoms with Gasteiger partial charge in [0, 0.05) is 29.9 Å². The van der Waals surface area contributed by atoms with Gasteiger partial charge in [0.1, 0.15) is 0 Å². The zero-order valence-corrected chi connectivity index (χ0v) is 16.1. The normalized spacial score (nSPS) is 14.4. The van der Waals surface area contributed by atoms with Crippen LogP contribution < -0.4 is 14.4 Å². The number of morpholine rings is 1. The van der Waals surface area contributed by atoms with Gasteiger partial charge in [-0.05, 0) is 49.4 Å². The van der Waals surface area contributed by atoms with Crippen LogP contribution >= 0.6 is 0 Å². The van der Waals surface area contributed by atoms with Crippen molar-refractivity contribution in [3.05, 3.63) is 59.7 Å². The lowest BCUT2D eigenvalue weighted by molar-refractivity contribution is -0.0515. The van der Waals surface area contributed by atoms with E-state index in [4.69, 9.17) is 9.47 Å². The maximum Gasteiger partial charge on any atom is 0.387 e. The van der Waals surface area contributed by atoms with Crippen LogP contribution in [0.2, 0.25) is 0 Å². The van der Waals surface area contributed by atoms with Crippen molar-refractivity contribution < 1.29 is 27.8 Å². The van der Waals surface area contributed by atoms with Crippen LogP contribution in [0.5, 0.6) is 11.5 Å². The molecule has 0 spiro atoms. The Morgan fingerprint density at radius 2 is 1.90 bits per heavy atom. The number of ketones is 1. The van der Waals surface area contributed by atoms with Crippen LogP contribution in [0.25, 0.3) is 6.08 Å². The topological polar surface area (TPSA) is 48.0 Å². The van der Waals surface area contributed by atoms with Crippen molar-refractivity contribution >= 4 is 17.5 Å². The van der Waals surface area contributed by atoms with Gasteiger partial charge in [-0.2, -0.15) is 8.78 Å². The smallest absolute Gasteiger partial charge is 0.387 e. The molecular weight excluding hydrogens is 380 g/mol. The molecule has 2 aromatic carbocycles. The first-order valence-corrected chi connectivity index (χ1v) is 9.44. The molecule has 0 atom stereocenters. The van der Waals surface area contributed by atoms with E-state index in [1.165, 1.54) is 12.2 Å². The molecule has 0 aliphatic carbocycles. The Hall–Kier alpha value is -2.93. The SMILES string of the molecule is CCOc1cccc(/C=C/C(=O)c2ccc(N3CCOCC3)cc2)c1OC(F)F. The van der Waals surface area contributed by atoms with Crippen molar-refractivity contribution in [3.63, 3.8) is 0 Å². The zero-order valence-electron chi connectivity index (χ0n) is 16.1. The highest BCUT2D eigenvalue weighted by atomic mass is 19.3. The van der Waals surface area contributed by atoms with Crippen molar-refractivity contribution in [2.24, 2.45) is 0 Å². The first-order valence-electron chi connectivity index (χ1n) is 9.44. The molecule has 0 radical (unpaired) electrons. The fourth-order valence-electron chi connectivity index (χ4n) is 3.07. The lowest BCUT2D eigenvalue weighted by Gasteiger charge is -2.28. The lowest BCUT2D eigenvalue weighted by Crippen LogP contribution is -2.36. The summed E-state index contributed by atoms with van der Waals surface area (Å²) in [4.78, 5) is 14.7. The van der Waals surface area contributed by atoms with E-state index in [-0.39, 0.29) is 17.3 Å². The van der Waals surface area contributed by atoms with Gasteiger partial charge in [-0.3, -0.25) is 4.79 Å². The fourth-order valence-corrected chi connectivity index (χ4v) is 3.07. The van der Waals surface area contributed by atoms with E-state index in [9.17, 15) is 13.6 Å². The van der Waals surface area contributed by atoms with Crippen LogP contribution in [0.3, 0.4) is 0 Å². The van der Waals surface area contributed by atoms with Crippen LogP contribution in [0.4, 0.5) is 14.5 Å². The minimum atomic E-state index is -2.99. The average Bonchev–Trinajstić information content (AvgIpc) is 2.74. The Morgan fingerprint density at radius 3 is 2.55 bits per heavy atom. The molecule has 0 amide bonds. The number of halogens is 2. The quantitative estimate of drug-likeness (QED) is 0.482. The number of anilines is 1. The molecular formula is C22H23F2NO4. The van der Waals surface area contributed by atoms with Gasteiger partial charge >= 0.3 is 6.61 Å². The highest BCUT2D eigenvalue weighted by Crippen LogP contribution is 2.33. The highest BCUT2D eigenvalue weighted by molar-refractivity contribution is 6.07. The van der Waals surface area contributed by atoms with E-state index in [0.29, 0.717) is 30.9 Å². The Labute approximate surface area is 168 Å². The van der Waals surface area contributed by atoms with E-state index < -0.39 is 6.61 Å². The number of ether oxygens (including phenoxy) is 3. The summed E-state index contributed by atoms with van der Waals surface area (Å²) in [5, 5.41) is 0.